The molecule has 0 spiro atoms. The van der Waals surface area contributed by atoms with Crippen molar-refractivity contribution in [3.63, 3.8) is 0 Å². The summed E-state index contributed by atoms with van der Waals surface area (Å²) in [6, 6.07) is 10.3. The minimum absolute atomic E-state index is 0.471. The Kier molecular flexibility index (Phi) is 3.43. The summed E-state index contributed by atoms with van der Waals surface area (Å²) in [4.78, 5) is 0. The van der Waals surface area contributed by atoms with E-state index < -0.39 is 0 Å². The van der Waals surface area contributed by atoms with Crippen LogP contribution < -0.4 is 11.1 Å². The van der Waals surface area contributed by atoms with E-state index in [0.717, 1.165) is 12.2 Å². The van der Waals surface area contributed by atoms with E-state index in [-0.39, 0.29) is 0 Å². The van der Waals surface area contributed by atoms with Crippen LogP contribution in [-0.4, -0.2) is 12.6 Å². The van der Waals surface area contributed by atoms with Crippen molar-refractivity contribution in [3.8, 4) is 6.07 Å². The van der Waals surface area contributed by atoms with Gasteiger partial charge in [-0.05, 0) is 43.5 Å². The van der Waals surface area contributed by atoms with Gasteiger partial charge in [-0.25, -0.2) is 0 Å². The first kappa shape index (κ1) is 11.0. The van der Waals surface area contributed by atoms with E-state index in [1.165, 1.54) is 19.3 Å². The van der Waals surface area contributed by atoms with Crippen LogP contribution in [-0.2, 0) is 0 Å². The van der Waals surface area contributed by atoms with E-state index in [2.05, 4.69) is 11.4 Å². The van der Waals surface area contributed by atoms with E-state index >= 15 is 0 Å². The molecule has 0 aromatic heterocycles. The van der Waals surface area contributed by atoms with Crippen molar-refractivity contribution in [2.24, 2.45) is 11.7 Å². The highest BCUT2D eigenvalue weighted by Crippen LogP contribution is 2.27. The van der Waals surface area contributed by atoms with Crippen LogP contribution in [0.4, 0.5) is 5.69 Å². The molecule has 16 heavy (non-hydrogen) atoms. The van der Waals surface area contributed by atoms with Crippen LogP contribution >= 0.6 is 0 Å². The second kappa shape index (κ2) is 5.00. The summed E-state index contributed by atoms with van der Waals surface area (Å²) in [6.07, 6.45) is 3.64. The fraction of sp³-hybridized carbons (Fsp3) is 0.462. The van der Waals surface area contributed by atoms with Gasteiger partial charge in [0.05, 0.1) is 11.6 Å². The summed E-state index contributed by atoms with van der Waals surface area (Å²) in [6.45, 7) is 0.746. The molecule has 1 aliphatic rings. The molecular formula is C13H17N3. The Morgan fingerprint density at radius 2 is 2.31 bits per heavy atom. The van der Waals surface area contributed by atoms with Gasteiger partial charge in [0, 0.05) is 11.7 Å². The lowest BCUT2D eigenvalue weighted by atomic mass is 10.0. The third kappa shape index (κ3) is 2.34. The van der Waals surface area contributed by atoms with Crippen molar-refractivity contribution in [3.05, 3.63) is 29.8 Å². The van der Waals surface area contributed by atoms with E-state index in [1.54, 1.807) is 0 Å². The number of nitrogens with one attached hydrogen (secondary N) is 1. The highest BCUT2D eigenvalue weighted by molar-refractivity contribution is 5.49. The Morgan fingerprint density at radius 3 is 3.06 bits per heavy atom. The van der Waals surface area contributed by atoms with Crippen LogP contribution in [0.1, 0.15) is 24.8 Å². The van der Waals surface area contributed by atoms with E-state index in [9.17, 15) is 0 Å². The zero-order valence-corrected chi connectivity index (χ0v) is 9.32. The molecule has 84 valence electrons. The molecule has 0 saturated heterocycles. The molecule has 0 bridgehead atoms. The minimum Gasteiger partial charge on any atom is -0.382 e. The van der Waals surface area contributed by atoms with E-state index in [0.29, 0.717) is 17.5 Å². The van der Waals surface area contributed by atoms with E-state index in [4.69, 9.17) is 11.0 Å². The molecule has 1 aliphatic carbocycles. The Labute approximate surface area is 96.3 Å². The molecule has 2 rings (SSSR count). The van der Waals surface area contributed by atoms with Gasteiger partial charge in [0.25, 0.3) is 0 Å². The highest BCUT2D eigenvalue weighted by atomic mass is 14.9. The fourth-order valence-electron chi connectivity index (χ4n) is 2.40. The van der Waals surface area contributed by atoms with Gasteiger partial charge in [0.1, 0.15) is 0 Å². The zero-order valence-electron chi connectivity index (χ0n) is 9.32. The second-order valence-corrected chi connectivity index (χ2v) is 4.37. The lowest BCUT2D eigenvalue weighted by Crippen LogP contribution is -2.29. The van der Waals surface area contributed by atoms with Gasteiger partial charge in [0.2, 0.25) is 0 Å². The van der Waals surface area contributed by atoms with Gasteiger partial charge in [-0.15, -0.1) is 0 Å². The van der Waals surface area contributed by atoms with Gasteiger partial charge in [-0.3, -0.25) is 0 Å². The molecule has 0 aliphatic heterocycles. The normalized spacial score (nSPS) is 24.0. The number of hydrogen-bond donors (Lipinski definition) is 2. The molecule has 0 heterocycles. The maximum atomic E-state index is 8.82. The van der Waals surface area contributed by atoms with Crippen molar-refractivity contribution >= 4 is 5.69 Å². The maximum Gasteiger partial charge on any atom is 0.0992 e. The Morgan fingerprint density at radius 1 is 1.44 bits per heavy atom. The molecule has 3 nitrogen and oxygen atoms in total. The monoisotopic (exact) mass is 215 g/mol. The number of benzene rings is 1. The molecule has 0 amide bonds. The van der Waals surface area contributed by atoms with Crippen molar-refractivity contribution < 1.29 is 0 Å². The summed E-state index contributed by atoms with van der Waals surface area (Å²) >= 11 is 0. The van der Waals surface area contributed by atoms with Gasteiger partial charge in [-0.2, -0.15) is 5.26 Å². The first-order chi connectivity index (χ1) is 7.83. The zero-order chi connectivity index (χ0) is 11.4. The number of nitrogens with zero attached hydrogens (tertiary/aromatic N) is 1. The number of hydrogen-bond acceptors (Lipinski definition) is 3. The molecular weight excluding hydrogens is 198 g/mol. The van der Waals surface area contributed by atoms with Crippen molar-refractivity contribution in [1.29, 1.82) is 5.26 Å². The maximum absolute atomic E-state index is 8.82. The average molecular weight is 215 g/mol. The standard InChI is InChI=1S/C13H17N3/c14-8-10-3-1-5-12(7-10)16-13-6-2-4-11(13)9-15/h1,3,5,7,11,13,16H,2,4,6,9,15H2. The van der Waals surface area contributed by atoms with Crippen LogP contribution in [0.2, 0.25) is 0 Å². The van der Waals surface area contributed by atoms with Gasteiger partial charge < -0.3 is 11.1 Å². The van der Waals surface area contributed by atoms with Crippen LogP contribution in [0.5, 0.6) is 0 Å². The lowest BCUT2D eigenvalue weighted by molar-refractivity contribution is 0.516. The lowest BCUT2D eigenvalue weighted by Gasteiger charge is -2.20. The third-order valence-electron chi connectivity index (χ3n) is 3.31. The molecule has 1 saturated carbocycles. The second-order valence-electron chi connectivity index (χ2n) is 4.37. The average Bonchev–Trinajstić information content (AvgIpc) is 2.76. The Bertz CT molecular complexity index is 394. The highest BCUT2D eigenvalue weighted by Gasteiger charge is 2.25. The smallest absolute Gasteiger partial charge is 0.0992 e. The topological polar surface area (TPSA) is 61.8 Å². The number of nitriles is 1. The molecule has 2 atom stereocenters. The van der Waals surface area contributed by atoms with Gasteiger partial charge >= 0.3 is 0 Å². The van der Waals surface area contributed by atoms with Crippen LogP contribution in [0.25, 0.3) is 0 Å². The molecule has 3 N–H and O–H groups in total. The number of anilines is 1. The number of nitrogens with two attached hydrogens (primary N) is 1. The SMILES string of the molecule is N#Cc1cccc(NC2CCCC2CN)c1. The predicted molar refractivity (Wildman–Crippen MR) is 65.0 cm³/mol. The number of rotatable bonds is 3. The van der Waals surface area contributed by atoms with Crippen LogP contribution in [0.3, 0.4) is 0 Å². The summed E-state index contributed by atoms with van der Waals surface area (Å²) in [5, 5.41) is 12.3. The first-order valence-corrected chi connectivity index (χ1v) is 5.80. The summed E-state index contributed by atoms with van der Waals surface area (Å²) in [5.41, 5.74) is 7.47. The van der Waals surface area contributed by atoms with Gasteiger partial charge in [0.15, 0.2) is 0 Å². The molecule has 1 aromatic rings. The Balaban J connectivity index is 2.06. The van der Waals surface area contributed by atoms with E-state index in [1.807, 2.05) is 24.3 Å². The van der Waals surface area contributed by atoms with Crippen molar-refractivity contribution in [2.45, 2.75) is 25.3 Å². The molecule has 1 aromatic carbocycles. The predicted octanol–water partition coefficient (Wildman–Crippen LogP) is 2.10. The quantitative estimate of drug-likeness (QED) is 0.811. The van der Waals surface area contributed by atoms with Crippen molar-refractivity contribution in [2.75, 3.05) is 11.9 Å². The first-order valence-electron chi connectivity index (χ1n) is 5.80. The third-order valence-corrected chi connectivity index (χ3v) is 3.31. The molecule has 3 heteroatoms. The Hall–Kier alpha value is -1.53. The van der Waals surface area contributed by atoms with Crippen LogP contribution in [0.15, 0.2) is 24.3 Å². The molecule has 0 radical (unpaired) electrons. The molecule has 1 fully saturated rings. The summed E-state index contributed by atoms with van der Waals surface area (Å²) in [5.74, 6) is 0.575. The minimum atomic E-state index is 0.471. The largest absolute Gasteiger partial charge is 0.382 e. The van der Waals surface area contributed by atoms with Gasteiger partial charge in [-0.1, -0.05) is 12.5 Å². The molecule has 2 unspecified atom stereocenters. The summed E-state index contributed by atoms with van der Waals surface area (Å²) in [7, 11) is 0. The summed E-state index contributed by atoms with van der Waals surface area (Å²) < 4.78 is 0. The fourth-order valence-corrected chi connectivity index (χ4v) is 2.40. The van der Waals surface area contributed by atoms with Crippen LogP contribution in [0, 0.1) is 17.2 Å². The van der Waals surface area contributed by atoms with Crippen molar-refractivity contribution in [1.82, 2.24) is 0 Å².